The standard InChI is InChI=1S/C38H45F3N6O2.C23H23F3N4O.C15H24N2O2.C8H7BrO2/c1-4-45(5-2)22-21-44(3)27-28-11-9-12-29(23-28)37(49)42-35-16-15-32(46-18-7-6-8-19-46)26-34(35)36(48)25-31-17-20-47(43-31)33-14-10-13-30(24-33)38(39,40)41;24-23(25,26)16-5-4-6-19(13-16)30-12-9-17(28-30)14-22(31)20-15-18(7-8-21(20)27)29-10-2-1-3-11-29;1-4-17(5-2)10-9-16(3)12-13-7-6-8-14(11-13)15(18)19;9-5-6-2-1-3-7(4-6)8(10)11/h9-17,20,23-24,26H,4-8,18-19,21-22,25,27H2,1-3H3,(H,42,49);4-9,12-13,15H,1-3,10-11,14,27H2;6-8,11H,4-5,9-10,12H2,1-3H3,(H,18,19);1-4H,5H2,(H,10,11). The Morgan fingerprint density at radius 1 is 0.473 bits per heavy atom. The van der Waals surface area contributed by atoms with Crippen molar-refractivity contribution in [2.24, 2.45) is 0 Å². The molecule has 2 saturated heterocycles. The minimum Gasteiger partial charge on any atom is -0.478 e. The first-order valence-corrected chi connectivity index (χ1v) is 38.2. The molecule has 2 aliphatic heterocycles. The number of rotatable bonds is 29. The molecular formula is C84H99BrF6N12O7. The van der Waals surface area contributed by atoms with Crippen LogP contribution in [0.1, 0.15) is 157 Å². The molecule has 9 aromatic rings. The van der Waals surface area contributed by atoms with E-state index in [0.29, 0.717) is 62.5 Å². The quantitative estimate of drug-likeness (QED) is 0.0148. The Hall–Kier alpha value is -9.99. The number of likely N-dealkylation sites (N-methyl/N-ethyl adjacent to an activating group) is 4. The lowest BCUT2D eigenvalue weighted by molar-refractivity contribution is -0.138. The van der Waals surface area contributed by atoms with Gasteiger partial charge in [0.2, 0.25) is 0 Å². The number of carbonyl (C=O) groups excluding carboxylic acids is 3. The first kappa shape index (κ1) is 85.6. The van der Waals surface area contributed by atoms with Crippen LogP contribution in [0.5, 0.6) is 0 Å². The third kappa shape index (κ3) is 26.1. The number of nitrogen functional groups attached to an aromatic ring is 1. The summed E-state index contributed by atoms with van der Waals surface area (Å²) in [6, 6.07) is 45.6. The van der Waals surface area contributed by atoms with Crippen LogP contribution in [-0.2, 0) is 43.6 Å². The maximum atomic E-state index is 13.9. The molecule has 2 fully saturated rings. The first-order chi connectivity index (χ1) is 52.6. The number of nitrogens with zero attached hydrogens (tertiary/aromatic N) is 10. The van der Waals surface area contributed by atoms with Gasteiger partial charge < -0.3 is 50.7 Å². The van der Waals surface area contributed by atoms with Crippen molar-refractivity contribution in [3.63, 3.8) is 0 Å². The molecule has 4 heterocycles. The zero-order valence-corrected chi connectivity index (χ0v) is 64.8. The topological polar surface area (TPSA) is 219 Å². The number of hydrogen-bond donors (Lipinski definition) is 4. The van der Waals surface area contributed by atoms with Gasteiger partial charge in [-0.15, -0.1) is 0 Å². The van der Waals surface area contributed by atoms with E-state index in [1.165, 1.54) is 40.0 Å². The van der Waals surface area contributed by atoms with Crippen LogP contribution >= 0.6 is 15.9 Å². The van der Waals surface area contributed by atoms with E-state index in [4.69, 9.17) is 15.9 Å². The number of ketones is 2. The number of carboxylic acids is 2. The van der Waals surface area contributed by atoms with Gasteiger partial charge in [0.15, 0.2) is 11.6 Å². The molecule has 1 amide bonds. The van der Waals surface area contributed by atoms with Crippen LogP contribution in [-0.4, -0.2) is 171 Å². The van der Waals surface area contributed by atoms with E-state index in [1.807, 2.05) is 54.6 Å². The fourth-order valence-electron chi connectivity index (χ4n) is 12.8. The molecule has 2 aromatic heterocycles. The minimum absolute atomic E-state index is 0.0135. The van der Waals surface area contributed by atoms with Gasteiger partial charge in [-0.2, -0.15) is 36.5 Å². The number of aromatic carboxylic acids is 2. The molecule has 110 heavy (non-hydrogen) atoms. The number of Topliss-reactive ketones (excluding diaryl/α,β-unsaturated/α-hetero) is 2. The SMILES string of the molecule is CCN(CC)CCN(C)Cc1cccc(C(=O)Nc2ccc(N3CCCCC3)cc2C(=O)Cc2ccn(-c3cccc(C(F)(F)F)c3)n2)c1.CCN(CC)CCN(C)Cc1cccc(C(=O)O)c1.Nc1ccc(N2CCCCC2)cc1C(=O)Cc1ccn(-c2cccc(C(F)(F)F)c2)n1.O=C(O)c1cccc(CBr)c1. The average Bonchev–Trinajstić information content (AvgIpc) is 1.33. The number of carboxylic acid groups (broad SMARTS) is 2. The fraction of sp³-hybridized carbons (Fsp3) is 0.369. The third-order valence-corrected chi connectivity index (χ3v) is 19.8. The Morgan fingerprint density at radius 2 is 0.873 bits per heavy atom. The number of benzene rings is 7. The first-order valence-electron chi connectivity index (χ1n) is 37.1. The summed E-state index contributed by atoms with van der Waals surface area (Å²) in [5.41, 5.74) is 13.6. The monoisotopic (exact) mass is 1580 g/mol. The van der Waals surface area contributed by atoms with Crippen molar-refractivity contribution in [3.8, 4) is 11.4 Å². The number of nitrogens with one attached hydrogen (secondary N) is 1. The Bertz CT molecular complexity index is 4490. The van der Waals surface area contributed by atoms with E-state index >= 15 is 0 Å². The van der Waals surface area contributed by atoms with Crippen LogP contribution in [0.25, 0.3) is 11.4 Å². The lowest BCUT2D eigenvalue weighted by Gasteiger charge is -2.29. The molecule has 11 rings (SSSR count). The summed E-state index contributed by atoms with van der Waals surface area (Å²) >= 11 is 3.25. The minimum atomic E-state index is -4.48. The summed E-state index contributed by atoms with van der Waals surface area (Å²) in [5, 5.41) is 29.9. The van der Waals surface area contributed by atoms with Crippen molar-refractivity contribution < 1.29 is 60.5 Å². The summed E-state index contributed by atoms with van der Waals surface area (Å²) in [6.45, 7) is 21.9. The lowest BCUT2D eigenvalue weighted by atomic mass is 10.0. The zero-order valence-electron chi connectivity index (χ0n) is 63.2. The van der Waals surface area contributed by atoms with Gasteiger partial charge in [0.05, 0.1) is 63.5 Å². The van der Waals surface area contributed by atoms with Gasteiger partial charge in [0, 0.05) is 117 Å². The molecule has 0 aliphatic carbocycles. The molecule has 0 spiro atoms. The summed E-state index contributed by atoms with van der Waals surface area (Å²) in [7, 11) is 4.14. The van der Waals surface area contributed by atoms with Crippen molar-refractivity contribution in [2.45, 2.75) is 110 Å². The van der Waals surface area contributed by atoms with Crippen molar-refractivity contribution in [1.82, 2.24) is 39.2 Å². The van der Waals surface area contributed by atoms with E-state index < -0.39 is 35.4 Å². The highest BCUT2D eigenvalue weighted by Gasteiger charge is 2.32. The highest BCUT2D eigenvalue weighted by Crippen LogP contribution is 2.33. The molecule has 586 valence electrons. The van der Waals surface area contributed by atoms with Crippen LogP contribution in [0.4, 0.5) is 49.1 Å². The van der Waals surface area contributed by atoms with Crippen molar-refractivity contribution >= 4 is 68.1 Å². The Kier molecular flexibility index (Phi) is 32.5. The summed E-state index contributed by atoms with van der Waals surface area (Å²) < 4.78 is 81.4. The van der Waals surface area contributed by atoms with Crippen LogP contribution < -0.4 is 20.9 Å². The maximum Gasteiger partial charge on any atom is 0.416 e. The maximum absolute atomic E-state index is 13.9. The van der Waals surface area contributed by atoms with E-state index in [9.17, 15) is 50.3 Å². The van der Waals surface area contributed by atoms with Gasteiger partial charge >= 0.3 is 24.3 Å². The van der Waals surface area contributed by atoms with Crippen molar-refractivity contribution in [3.05, 3.63) is 249 Å². The Labute approximate surface area is 648 Å². The number of aromatic nitrogens is 4. The molecule has 2 aliphatic rings. The molecule has 26 heteroatoms. The predicted molar refractivity (Wildman–Crippen MR) is 425 cm³/mol. The molecule has 0 unspecified atom stereocenters. The number of carbonyl (C=O) groups is 5. The van der Waals surface area contributed by atoms with Crippen LogP contribution in [0, 0.1) is 0 Å². The predicted octanol–water partition coefficient (Wildman–Crippen LogP) is 16.7. The number of amides is 1. The van der Waals surface area contributed by atoms with E-state index in [0.717, 1.165) is 170 Å². The highest BCUT2D eigenvalue weighted by atomic mass is 79.9. The third-order valence-electron chi connectivity index (χ3n) is 19.2. The lowest BCUT2D eigenvalue weighted by Crippen LogP contribution is -2.32. The Morgan fingerprint density at radius 3 is 1.31 bits per heavy atom. The largest absolute Gasteiger partial charge is 0.478 e. The fourth-order valence-corrected chi connectivity index (χ4v) is 13.2. The molecule has 19 nitrogen and oxygen atoms in total. The van der Waals surface area contributed by atoms with Gasteiger partial charge in [0.25, 0.3) is 5.91 Å². The molecular weight excluding hydrogens is 1480 g/mol. The average molecular weight is 1580 g/mol. The smallest absolute Gasteiger partial charge is 0.416 e. The van der Waals surface area contributed by atoms with Gasteiger partial charge in [-0.05, 0) is 217 Å². The summed E-state index contributed by atoms with van der Waals surface area (Å²) in [4.78, 5) is 75.4. The second-order valence-corrected chi connectivity index (χ2v) is 27.8. The molecule has 0 saturated carbocycles. The van der Waals surface area contributed by atoms with E-state index in [1.54, 1.807) is 79.1 Å². The number of hydrogen-bond acceptors (Lipinski definition) is 14. The normalized spacial score (nSPS) is 13.1. The van der Waals surface area contributed by atoms with E-state index in [2.05, 4.69) is 103 Å². The number of anilines is 4. The zero-order chi connectivity index (χ0) is 79.5. The summed E-state index contributed by atoms with van der Waals surface area (Å²) in [5.74, 6) is -2.50. The van der Waals surface area contributed by atoms with Gasteiger partial charge in [-0.3, -0.25) is 14.4 Å². The van der Waals surface area contributed by atoms with Gasteiger partial charge in [0.1, 0.15) is 0 Å². The molecule has 0 bridgehead atoms. The molecule has 7 aromatic carbocycles. The molecule has 0 atom stereocenters. The number of alkyl halides is 7. The van der Waals surface area contributed by atoms with Gasteiger partial charge in [-0.25, -0.2) is 19.0 Å². The second kappa shape index (κ2) is 41.7. The second-order valence-electron chi connectivity index (χ2n) is 27.2. The van der Waals surface area contributed by atoms with Crippen LogP contribution in [0.2, 0.25) is 0 Å². The van der Waals surface area contributed by atoms with Crippen LogP contribution in [0.3, 0.4) is 0 Å². The van der Waals surface area contributed by atoms with E-state index in [-0.39, 0.29) is 41.7 Å². The van der Waals surface area contributed by atoms with Crippen molar-refractivity contribution in [1.29, 1.82) is 0 Å². The van der Waals surface area contributed by atoms with Gasteiger partial charge in [-0.1, -0.05) is 92.2 Å². The van der Waals surface area contributed by atoms with Crippen LogP contribution in [0.15, 0.2) is 182 Å². The highest BCUT2D eigenvalue weighted by molar-refractivity contribution is 9.08. The number of halogens is 7. The number of nitrogens with two attached hydrogens (primary N) is 1. The number of piperidine rings is 2. The van der Waals surface area contributed by atoms with Crippen molar-refractivity contribution in [2.75, 3.05) is 113 Å². The molecule has 5 N–H and O–H groups in total. The molecule has 0 radical (unpaired) electrons. The Balaban J connectivity index is 0.000000210. The summed E-state index contributed by atoms with van der Waals surface area (Å²) in [6.07, 6.45) is 0.857.